The molecule has 0 unspecified atom stereocenters. The second-order valence-electron chi connectivity index (χ2n) is 6.29. The number of rotatable bonds is 7. The molecule has 148 valence electrons. The van der Waals surface area contributed by atoms with Crippen molar-refractivity contribution in [1.82, 2.24) is 9.97 Å². The Balaban J connectivity index is 1.65. The topological polar surface area (TPSA) is 93.2 Å². The Hall–Kier alpha value is -3.74. The van der Waals surface area contributed by atoms with E-state index in [0.29, 0.717) is 18.1 Å². The number of anilines is 2. The Morgan fingerprint density at radius 3 is 2.48 bits per heavy atom. The molecule has 1 aromatic heterocycles. The Bertz CT molecular complexity index is 1000. The van der Waals surface area contributed by atoms with Crippen LogP contribution in [-0.2, 0) is 11.3 Å². The predicted octanol–water partition coefficient (Wildman–Crippen LogP) is 3.83. The van der Waals surface area contributed by atoms with Crippen molar-refractivity contribution < 1.29 is 14.3 Å². The molecule has 0 aliphatic carbocycles. The molecule has 1 amide bonds. The van der Waals surface area contributed by atoms with Gasteiger partial charge in [0.15, 0.2) is 0 Å². The maximum Gasteiger partial charge on any atom is 0.340 e. The first kappa shape index (κ1) is 20.0. The first-order valence-corrected chi connectivity index (χ1v) is 9.26. The van der Waals surface area contributed by atoms with Gasteiger partial charge in [0.1, 0.15) is 11.5 Å². The highest BCUT2D eigenvalue weighted by molar-refractivity contribution is 6.06. The van der Waals surface area contributed by atoms with Crippen molar-refractivity contribution in [3.8, 4) is 0 Å². The maximum absolute atomic E-state index is 12.5. The highest BCUT2D eigenvalue weighted by atomic mass is 16.5. The molecule has 0 atom stereocenters. The monoisotopic (exact) mass is 390 g/mol. The predicted molar refractivity (Wildman–Crippen MR) is 111 cm³/mol. The number of aromatic nitrogens is 2. The number of carbonyl (C=O) groups is 2. The Morgan fingerprint density at radius 1 is 1.00 bits per heavy atom. The number of benzene rings is 2. The summed E-state index contributed by atoms with van der Waals surface area (Å²) in [4.78, 5) is 32.9. The average Bonchev–Trinajstić information content (AvgIpc) is 2.74. The fourth-order valence-corrected chi connectivity index (χ4v) is 2.70. The molecule has 0 saturated carbocycles. The minimum Gasteiger partial charge on any atom is -0.462 e. The van der Waals surface area contributed by atoms with E-state index in [0.717, 1.165) is 5.56 Å². The van der Waals surface area contributed by atoms with Crippen LogP contribution in [0.1, 0.15) is 38.9 Å². The number of nitrogens with one attached hydrogen (secondary N) is 2. The van der Waals surface area contributed by atoms with Gasteiger partial charge >= 0.3 is 5.97 Å². The van der Waals surface area contributed by atoms with Crippen LogP contribution in [0.5, 0.6) is 0 Å². The van der Waals surface area contributed by atoms with Crippen LogP contribution in [0.25, 0.3) is 0 Å². The van der Waals surface area contributed by atoms with Crippen molar-refractivity contribution in [2.24, 2.45) is 0 Å². The molecule has 3 rings (SSSR count). The lowest BCUT2D eigenvalue weighted by Gasteiger charge is -2.10. The fraction of sp³-hybridized carbons (Fsp3) is 0.182. The van der Waals surface area contributed by atoms with Gasteiger partial charge in [0.05, 0.1) is 30.3 Å². The fourth-order valence-electron chi connectivity index (χ4n) is 2.70. The van der Waals surface area contributed by atoms with Crippen molar-refractivity contribution in [3.05, 3.63) is 83.3 Å². The summed E-state index contributed by atoms with van der Waals surface area (Å²) >= 11 is 0. The third-order valence-electron chi connectivity index (χ3n) is 4.28. The number of para-hydroxylation sites is 1. The van der Waals surface area contributed by atoms with Gasteiger partial charge in [-0.2, -0.15) is 0 Å². The Labute approximate surface area is 169 Å². The van der Waals surface area contributed by atoms with E-state index in [-0.39, 0.29) is 17.9 Å². The van der Waals surface area contributed by atoms with E-state index in [1.807, 2.05) is 31.2 Å². The summed E-state index contributed by atoms with van der Waals surface area (Å²) < 4.78 is 5.02. The molecule has 2 aromatic carbocycles. The molecule has 0 aliphatic heterocycles. The molecule has 1 heterocycles. The van der Waals surface area contributed by atoms with Crippen LogP contribution in [0.4, 0.5) is 11.5 Å². The number of hydrogen-bond acceptors (Lipinski definition) is 6. The molecule has 7 nitrogen and oxygen atoms in total. The quantitative estimate of drug-likeness (QED) is 0.596. The summed E-state index contributed by atoms with van der Waals surface area (Å²) in [5.41, 5.74) is 3.13. The SMILES string of the molecule is CCOC(=O)c1ccccc1NC(=O)c1cnc(NCc2ccccc2C)cn1. The van der Waals surface area contributed by atoms with E-state index in [2.05, 4.69) is 20.6 Å². The van der Waals surface area contributed by atoms with E-state index in [4.69, 9.17) is 4.74 Å². The van der Waals surface area contributed by atoms with Crippen molar-refractivity contribution >= 4 is 23.4 Å². The molecule has 0 spiro atoms. The summed E-state index contributed by atoms with van der Waals surface area (Å²) in [6.45, 7) is 4.64. The Morgan fingerprint density at radius 2 is 1.76 bits per heavy atom. The number of carbonyl (C=O) groups excluding carboxylic acids is 2. The standard InChI is InChI=1S/C22H22N4O3/c1-3-29-22(28)17-10-6-7-11-18(17)26-21(27)19-13-25-20(14-23-19)24-12-16-9-5-4-8-15(16)2/h4-11,13-14H,3,12H2,1-2H3,(H,24,25)(H,26,27). The molecule has 29 heavy (non-hydrogen) atoms. The highest BCUT2D eigenvalue weighted by Crippen LogP contribution is 2.17. The van der Waals surface area contributed by atoms with Crippen molar-refractivity contribution in [2.75, 3.05) is 17.2 Å². The lowest BCUT2D eigenvalue weighted by molar-refractivity contribution is 0.0527. The van der Waals surface area contributed by atoms with Crippen LogP contribution in [-0.4, -0.2) is 28.5 Å². The first-order chi connectivity index (χ1) is 14.1. The van der Waals surface area contributed by atoms with Crippen LogP contribution >= 0.6 is 0 Å². The van der Waals surface area contributed by atoms with Gasteiger partial charge in [-0.05, 0) is 37.1 Å². The summed E-state index contributed by atoms with van der Waals surface area (Å²) in [6, 6.07) is 14.7. The third-order valence-corrected chi connectivity index (χ3v) is 4.28. The second kappa shape index (κ2) is 9.45. The zero-order valence-corrected chi connectivity index (χ0v) is 16.3. The first-order valence-electron chi connectivity index (χ1n) is 9.26. The van der Waals surface area contributed by atoms with Gasteiger partial charge < -0.3 is 15.4 Å². The molecular weight excluding hydrogens is 368 g/mol. The normalized spacial score (nSPS) is 10.3. The number of aryl methyl sites for hydroxylation is 1. The number of nitrogens with zero attached hydrogens (tertiary/aromatic N) is 2. The van der Waals surface area contributed by atoms with Crippen LogP contribution < -0.4 is 10.6 Å². The van der Waals surface area contributed by atoms with Crippen LogP contribution in [0, 0.1) is 6.92 Å². The molecule has 0 aliphatic rings. The van der Waals surface area contributed by atoms with Crippen LogP contribution in [0.3, 0.4) is 0 Å². The van der Waals surface area contributed by atoms with Crippen molar-refractivity contribution in [1.29, 1.82) is 0 Å². The van der Waals surface area contributed by atoms with E-state index in [1.165, 1.54) is 18.0 Å². The molecule has 0 fully saturated rings. The summed E-state index contributed by atoms with van der Waals surface area (Å²) in [5.74, 6) is -0.387. The smallest absolute Gasteiger partial charge is 0.340 e. The zero-order valence-electron chi connectivity index (χ0n) is 16.3. The maximum atomic E-state index is 12.5. The van der Waals surface area contributed by atoms with Crippen molar-refractivity contribution in [3.63, 3.8) is 0 Å². The van der Waals surface area contributed by atoms with Gasteiger partial charge in [-0.3, -0.25) is 4.79 Å². The number of amides is 1. The van der Waals surface area contributed by atoms with Gasteiger partial charge in [0.25, 0.3) is 5.91 Å². The number of esters is 1. The minimum absolute atomic E-state index is 0.144. The van der Waals surface area contributed by atoms with Gasteiger partial charge in [-0.1, -0.05) is 36.4 Å². The van der Waals surface area contributed by atoms with Crippen LogP contribution in [0.2, 0.25) is 0 Å². The summed E-state index contributed by atoms with van der Waals surface area (Å²) in [5, 5.41) is 5.88. The molecule has 7 heteroatoms. The largest absolute Gasteiger partial charge is 0.462 e. The molecular formula is C22H22N4O3. The van der Waals surface area contributed by atoms with E-state index in [1.54, 1.807) is 31.2 Å². The molecule has 0 bridgehead atoms. The number of ether oxygens (including phenoxy) is 1. The molecule has 0 radical (unpaired) electrons. The lowest BCUT2D eigenvalue weighted by Crippen LogP contribution is -2.17. The van der Waals surface area contributed by atoms with E-state index < -0.39 is 11.9 Å². The molecule has 0 saturated heterocycles. The van der Waals surface area contributed by atoms with Gasteiger partial charge in [0.2, 0.25) is 0 Å². The third kappa shape index (κ3) is 5.16. The molecule has 2 N–H and O–H groups in total. The second-order valence-corrected chi connectivity index (χ2v) is 6.29. The zero-order chi connectivity index (χ0) is 20.6. The average molecular weight is 390 g/mol. The summed E-state index contributed by atoms with van der Waals surface area (Å²) in [7, 11) is 0. The van der Waals surface area contributed by atoms with Gasteiger partial charge in [-0.25, -0.2) is 14.8 Å². The van der Waals surface area contributed by atoms with Gasteiger partial charge in [0, 0.05) is 6.54 Å². The van der Waals surface area contributed by atoms with Crippen LogP contribution in [0.15, 0.2) is 60.9 Å². The highest BCUT2D eigenvalue weighted by Gasteiger charge is 2.15. The minimum atomic E-state index is -0.495. The molecule has 3 aromatic rings. The lowest BCUT2D eigenvalue weighted by atomic mass is 10.1. The number of hydrogen-bond donors (Lipinski definition) is 2. The Kier molecular flexibility index (Phi) is 6.52. The van der Waals surface area contributed by atoms with Crippen molar-refractivity contribution in [2.45, 2.75) is 20.4 Å². The van der Waals surface area contributed by atoms with Gasteiger partial charge in [-0.15, -0.1) is 0 Å². The van der Waals surface area contributed by atoms with E-state index in [9.17, 15) is 9.59 Å². The summed E-state index contributed by atoms with van der Waals surface area (Å²) in [6.07, 6.45) is 2.90. The van der Waals surface area contributed by atoms with E-state index >= 15 is 0 Å².